The van der Waals surface area contributed by atoms with E-state index in [1.54, 1.807) is 0 Å². The molecule has 0 N–H and O–H groups in total. The average Bonchev–Trinajstić information content (AvgIpc) is 3.08. The van der Waals surface area contributed by atoms with Gasteiger partial charge >= 0.3 is 0 Å². The van der Waals surface area contributed by atoms with E-state index in [4.69, 9.17) is 0 Å². The van der Waals surface area contributed by atoms with Crippen molar-refractivity contribution in [2.45, 2.75) is 0 Å². The maximum absolute atomic E-state index is 2.29. The molecule has 5 aromatic rings. The molecule has 2 aliphatic rings. The third-order valence-electron chi connectivity index (χ3n) is 6.37. The van der Waals surface area contributed by atoms with E-state index in [9.17, 15) is 0 Å². The average molecular weight is 352 g/mol. The topological polar surface area (TPSA) is 0 Å². The van der Waals surface area contributed by atoms with Crippen LogP contribution in [0.2, 0.25) is 0 Å². The van der Waals surface area contributed by atoms with Gasteiger partial charge in [-0.1, -0.05) is 97.1 Å². The van der Waals surface area contributed by atoms with E-state index in [1.165, 1.54) is 66.4 Å². The maximum atomic E-state index is 2.29. The fraction of sp³-hybridized carbons (Fsp3) is 0. The highest BCUT2D eigenvalue weighted by Gasteiger charge is 2.29. The lowest BCUT2D eigenvalue weighted by molar-refractivity contribution is 1.51. The molecule has 0 aromatic heterocycles. The van der Waals surface area contributed by atoms with Crippen LogP contribution in [0.1, 0.15) is 0 Å². The van der Waals surface area contributed by atoms with Gasteiger partial charge in [0.25, 0.3) is 0 Å². The predicted molar refractivity (Wildman–Crippen MR) is 118 cm³/mol. The minimum absolute atomic E-state index is 1.32. The molecule has 0 bridgehead atoms. The van der Waals surface area contributed by atoms with Crippen LogP contribution in [-0.4, -0.2) is 0 Å². The Balaban J connectivity index is 1.57. The van der Waals surface area contributed by atoms with Gasteiger partial charge in [0, 0.05) is 0 Å². The number of benzene rings is 5. The zero-order valence-electron chi connectivity index (χ0n) is 15.2. The van der Waals surface area contributed by atoms with Gasteiger partial charge in [-0.05, 0) is 66.4 Å². The molecular formula is C28H16. The standard InChI is InChI=1S/C28H16/c1-2-10-19-18(9-1)20-12-5-14-23(27(19)20)24-15-6-13-22-21-11-3-7-17-8-4-16-25(26(17)21)28(22)24/h1-16H. The molecule has 0 fully saturated rings. The maximum Gasteiger partial charge on any atom is -0.00199 e. The van der Waals surface area contributed by atoms with Crippen LogP contribution >= 0.6 is 0 Å². The fourth-order valence-electron chi connectivity index (χ4n) is 5.23. The van der Waals surface area contributed by atoms with Gasteiger partial charge in [-0.15, -0.1) is 0 Å². The Morgan fingerprint density at radius 2 is 0.714 bits per heavy atom. The van der Waals surface area contributed by atoms with Crippen LogP contribution in [0.4, 0.5) is 0 Å². The van der Waals surface area contributed by atoms with E-state index >= 15 is 0 Å². The van der Waals surface area contributed by atoms with Gasteiger partial charge in [0.2, 0.25) is 0 Å². The molecule has 0 atom stereocenters. The molecule has 0 saturated carbocycles. The molecule has 0 unspecified atom stereocenters. The second-order valence-corrected chi connectivity index (χ2v) is 7.71. The molecule has 0 nitrogen and oxygen atoms in total. The lowest BCUT2D eigenvalue weighted by Crippen LogP contribution is -2.01. The third-order valence-corrected chi connectivity index (χ3v) is 6.37. The first kappa shape index (κ1) is 14.4. The zero-order chi connectivity index (χ0) is 18.2. The van der Waals surface area contributed by atoms with Gasteiger partial charge in [0.1, 0.15) is 0 Å². The van der Waals surface area contributed by atoms with Crippen molar-refractivity contribution in [3.05, 3.63) is 97.1 Å². The summed E-state index contributed by atoms with van der Waals surface area (Å²) in [6.07, 6.45) is 0. The van der Waals surface area contributed by atoms with E-state index in [0.29, 0.717) is 0 Å². The van der Waals surface area contributed by atoms with Gasteiger partial charge in [0.05, 0.1) is 0 Å². The van der Waals surface area contributed by atoms with Gasteiger partial charge in [-0.25, -0.2) is 0 Å². The van der Waals surface area contributed by atoms with Gasteiger partial charge in [0.15, 0.2) is 0 Å². The van der Waals surface area contributed by atoms with Gasteiger partial charge in [-0.2, -0.15) is 0 Å². The van der Waals surface area contributed by atoms with Gasteiger partial charge < -0.3 is 0 Å². The molecule has 28 heavy (non-hydrogen) atoms. The molecule has 0 radical (unpaired) electrons. The smallest absolute Gasteiger partial charge is 0.00199 e. The quantitative estimate of drug-likeness (QED) is 0.283. The summed E-state index contributed by atoms with van der Waals surface area (Å²) in [5.41, 5.74) is 13.7. The van der Waals surface area contributed by atoms with Crippen LogP contribution < -0.4 is 0 Å². The monoisotopic (exact) mass is 352 g/mol. The lowest BCUT2D eigenvalue weighted by Gasteiger charge is -2.27. The van der Waals surface area contributed by atoms with E-state index in [2.05, 4.69) is 97.1 Å². The summed E-state index contributed by atoms with van der Waals surface area (Å²) in [6.45, 7) is 0. The van der Waals surface area contributed by atoms with Crippen molar-refractivity contribution in [3.63, 3.8) is 0 Å². The van der Waals surface area contributed by atoms with Crippen molar-refractivity contribution in [1.82, 2.24) is 0 Å². The highest BCUT2D eigenvalue weighted by molar-refractivity contribution is 6.19. The summed E-state index contributed by atoms with van der Waals surface area (Å²) in [5, 5.41) is 2.71. The second kappa shape index (κ2) is 4.99. The molecule has 0 spiro atoms. The molecule has 2 aliphatic carbocycles. The minimum atomic E-state index is 1.32. The van der Waals surface area contributed by atoms with Gasteiger partial charge in [-0.3, -0.25) is 0 Å². The van der Waals surface area contributed by atoms with Crippen LogP contribution in [0.3, 0.4) is 0 Å². The molecule has 0 heterocycles. The highest BCUT2D eigenvalue weighted by Crippen LogP contribution is 2.56. The van der Waals surface area contributed by atoms with Crippen molar-refractivity contribution in [3.8, 4) is 55.6 Å². The number of hydrogen-bond donors (Lipinski definition) is 0. The fourth-order valence-corrected chi connectivity index (χ4v) is 5.23. The first-order valence-corrected chi connectivity index (χ1v) is 9.80. The normalized spacial score (nSPS) is 12.3. The Morgan fingerprint density at radius 3 is 1.43 bits per heavy atom. The molecule has 128 valence electrons. The zero-order valence-corrected chi connectivity index (χ0v) is 15.2. The summed E-state index contributed by atoms with van der Waals surface area (Å²) in [7, 11) is 0. The van der Waals surface area contributed by atoms with Crippen molar-refractivity contribution in [2.24, 2.45) is 0 Å². The third kappa shape index (κ3) is 1.62. The summed E-state index contributed by atoms with van der Waals surface area (Å²) in [5.74, 6) is 0. The Labute approximate surface area is 163 Å². The Bertz CT molecular complexity index is 1450. The first-order chi connectivity index (χ1) is 13.9. The Morgan fingerprint density at radius 1 is 0.286 bits per heavy atom. The van der Waals surface area contributed by atoms with Crippen molar-refractivity contribution >= 4 is 10.8 Å². The first-order valence-electron chi connectivity index (χ1n) is 9.80. The summed E-state index contributed by atoms with van der Waals surface area (Å²) in [6, 6.07) is 35.6. The minimum Gasteiger partial charge on any atom is -0.0616 e. The van der Waals surface area contributed by atoms with Crippen LogP contribution in [0.25, 0.3) is 66.4 Å². The molecule has 0 aliphatic heterocycles. The predicted octanol–water partition coefficient (Wildman–Crippen LogP) is 7.80. The largest absolute Gasteiger partial charge is 0.0616 e. The van der Waals surface area contributed by atoms with Crippen LogP contribution in [0.5, 0.6) is 0 Å². The molecule has 5 aromatic carbocycles. The summed E-state index contributed by atoms with van der Waals surface area (Å²) < 4.78 is 0. The Kier molecular flexibility index (Phi) is 2.57. The molecule has 0 saturated heterocycles. The molecule has 7 rings (SSSR count). The summed E-state index contributed by atoms with van der Waals surface area (Å²) in [4.78, 5) is 0. The molecule has 0 amide bonds. The second-order valence-electron chi connectivity index (χ2n) is 7.71. The van der Waals surface area contributed by atoms with Crippen LogP contribution in [0.15, 0.2) is 97.1 Å². The van der Waals surface area contributed by atoms with Crippen LogP contribution in [0, 0.1) is 0 Å². The SMILES string of the molecule is c1ccc2c(c1)-c1cccc(-c3cccc4c3-c3cccc5cccc-4c35)c1-2. The lowest BCUT2D eigenvalue weighted by atomic mass is 9.75. The van der Waals surface area contributed by atoms with Crippen molar-refractivity contribution < 1.29 is 0 Å². The Hall–Kier alpha value is -3.64. The number of hydrogen-bond acceptors (Lipinski definition) is 0. The molecular weight excluding hydrogens is 336 g/mol. The van der Waals surface area contributed by atoms with E-state index in [0.717, 1.165) is 0 Å². The van der Waals surface area contributed by atoms with Crippen LogP contribution in [-0.2, 0) is 0 Å². The van der Waals surface area contributed by atoms with Crippen molar-refractivity contribution in [2.75, 3.05) is 0 Å². The van der Waals surface area contributed by atoms with E-state index in [-0.39, 0.29) is 0 Å². The summed E-state index contributed by atoms with van der Waals surface area (Å²) >= 11 is 0. The van der Waals surface area contributed by atoms with E-state index < -0.39 is 0 Å². The van der Waals surface area contributed by atoms with Crippen molar-refractivity contribution in [1.29, 1.82) is 0 Å². The molecule has 0 heteroatoms. The number of fused-ring (bicyclic) bond motifs is 7. The highest BCUT2D eigenvalue weighted by atomic mass is 14.3. The number of rotatable bonds is 1. The van der Waals surface area contributed by atoms with E-state index in [1.807, 2.05) is 0 Å².